The van der Waals surface area contributed by atoms with Gasteiger partial charge in [0.05, 0.1) is 11.3 Å². The lowest BCUT2D eigenvalue weighted by Crippen LogP contribution is -2.43. The van der Waals surface area contributed by atoms with E-state index in [1.165, 1.54) is 0 Å². The van der Waals surface area contributed by atoms with E-state index in [2.05, 4.69) is 10.0 Å². The number of nitrogens with zero attached hydrogens (tertiary/aromatic N) is 1. The van der Waals surface area contributed by atoms with Gasteiger partial charge in [-0.2, -0.15) is 0 Å². The van der Waals surface area contributed by atoms with E-state index in [1.54, 1.807) is 29.2 Å². The summed E-state index contributed by atoms with van der Waals surface area (Å²) in [7, 11) is 0. The minimum atomic E-state index is -1.55. The van der Waals surface area contributed by atoms with E-state index in [9.17, 15) is 23.2 Å². The average molecular weight is 508 g/mol. The lowest BCUT2D eigenvalue weighted by Gasteiger charge is -2.32. The number of carbonyl (C=O) groups excluding carboxylic acids is 2. The largest absolute Gasteiger partial charge is 0.478 e. The molecule has 8 nitrogen and oxygen atoms in total. The molecule has 3 N–H and O–H groups in total. The molecule has 11 heteroatoms. The number of amides is 2. The van der Waals surface area contributed by atoms with Gasteiger partial charge in [0.25, 0.3) is 0 Å². The number of halogens is 2. The third kappa shape index (κ3) is 7.32. The molecule has 0 aliphatic carbocycles. The molecule has 0 spiro atoms. The molecule has 1 aliphatic heterocycles. The Bertz CT molecular complexity index is 1100. The minimum absolute atomic E-state index is 0.136. The number of ether oxygens (including phenoxy) is 1. The number of benzene rings is 2. The normalized spacial score (nSPS) is 14.4. The summed E-state index contributed by atoms with van der Waals surface area (Å²) in [6.45, 7) is 6.31. The van der Waals surface area contributed by atoms with Crippen LogP contribution in [0.3, 0.4) is 0 Å². The number of hydrogen-bond acceptors (Lipinski definition) is 6. The van der Waals surface area contributed by atoms with Gasteiger partial charge in [0, 0.05) is 35.7 Å². The second-order valence-electron chi connectivity index (χ2n) is 9.08. The zero-order valence-electron chi connectivity index (χ0n) is 19.6. The van der Waals surface area contributed by atoms with E-state index in [0.29, 0.717) is 42.6 Å². The number of carboxylic acids is 1. The average Bonchev–Trinajstić information content (AvgIpc) is 2.79. The second-order valence-corrected chi connectivity index (χ2v) is 9.96. The first-order valence-corrected chi connectivity index (χ1v) is 11.8. The SMILES string of the molecule is CC(C)(C)OC(=O)N1CCC(C(=O)Nc2ccc(SNc3cc(F)c(C(=O)O)cc3F)cc2)CC1. The topological polar surface area (TPSA) is 108 Å². The molecule has 0 saturated carbocycles. The van der Waals surface area contributed by atoms with Crippen molar-refractivity contribution in [1.82, 2.24) is 4.90 Å². The molecule has 0 unspecified atom stereocenters. The molecule has 0 atom stereocenters. The van der Waals surface area contributed by atoms with Gasteiger partial charge in [0.15, 0.2) is 0 Å². The zero-order chi connectivity index (χ0) is 25.8. The fourth-order valence-electron chi connectivity index (χ4n) is 3.40. The molecule has 3 rings (SSSR count). The second kappa shape index (κ2) is 10.9. The zero-order valence-corrected chi connectivity index (χ0v) is 20.4. The first kappa shape index (κ1) is 26.3. The summed E-state index contributed by atoms with van der Waals surface area (Å²) in [5.74, 6) is -3.85. The minimum Gasteiger partial charge on any atom is -0.478 e. The highest BCUT2D eigenvalue weighted by atomic mass is 32.2. The lowest BCUT2D eigenvalue weighted by atomic mass is 9.96. The van der Waals surface area contributed by atoms with Gasteiger partial charge in [-0.25, -0.2) is 18.4 Å². The van der Waals surface area contributed by atoms with Gasteiger partial charge < -0.3 is 24.8 Å². The van der Waals surface area contributed by atoms with E-state index in [-0.39, 0.29) is 23.6 Å². The molecule has 1 aliphatic rings. The Hall–Kier alpha value is -3.34. The Balaban J connectivity index is 1.49. The molecule has 188 valence electrons. The van der Waals surface area contributed by atoms with Gasteiger partial charge in [0.2, 0.25) is 5.91 Å². The van der Waals surface area contributed by atoms with Gasteiger partial charge in [-0.05, 0) is 75.9 Å². The molecule has 2 amide bonds. The highest BCUT2D eigenvalue weighted by molar-refractivity contribution is 8.00. The van der Waals surface area contributed by atoms with Crippen LogP contribution in [-0.2, 0) is 9.53 Å². The van der Waals surface area contributed by atoms with Crippen molar-refractivity contribution in [3.05, 3.63) is 53.6 Å². The number of nitrogens with one attached hydrogen (secondary N) is 2. The van der Waals surface area contributed by atoms with Crippen LogP contribution in [0.2, 0.25) is 0 Å². The number of anilines is 2. The van der Waals surface area contributed by atoms with Crippen molar-refractivity contribution in [2.75, 3.05) is 23.1 Å². The van der Waals surface area contributed by atoms with E-state index in [1.807, 2.05) is 20.8 Å². The monoisotopic (exact) mass is 507 g/mol. The van der Waals surface area contributed by atoms with Crippen LogP contribution in [0.5, 0.6) is 0 Å². The highest BCUT2D eigenvalue weighted by Gasteiger charge is 2.30. The number of carbonyl (C=O) groups is 3. The smallest absolute Gasteiger partial charge is 0.410 e. The van der Waals surface area contributed by atoms with E-state index in [4.69, 9.17) is 9.84 Å². The number of likely N-dealkylation sites (tertiary alicyclic amines) is 1. The third-order valence-electron chi connectivity index (χ3n) is 5.21. The van der Waals surface area contributed by atoms with Gasteiger partial charge in [-0.3, -0.25) is 4.79 Å². The van der Waals surface area contributed by atoms with Crippen LogP contribution >= 0.6 is 11.9 Å². The number of rotatable bonds is 6. The summed E-state index contributed by atoms with van der Waals surface area (Å²) in [4.78, 5) is 37.9. The molecule has 2 aromatic rings. The molecule has 1 saturated heterocycles. The van der Waals surface area contributed by atoms with Crippen molar-refractivity contribution >= 4 is 41.3 Å². The van der Waals surface area contributed by atoms with Crippen LogP contribution in [-0.4, -0.2) is 46.7 Å². The fourth-order valence-corrected chi connectivity index (χ4v) is 4.06. The summed E-state index contributed by atoms with van der Waals surface area (Å²) in [6, 6.07) is 8.16. The maximum absolute atomic E-state index is 14.0. The standard InChI is InChI=1S/C24H27F2N3O5S/c1-24(2,3)34-23(33)29-10-8-14(9-11-29)21(30)27-15-4-6-16(7-5-15)35-28-20-13-18(25)17(22(31)32)12-19(20)26/h4-7,12-14,28H,8-11H2,1-3H3,(H,27,30)(H,31,32). The van der Waals surface area contributed by atoms with Crippen LogP contribution in [0, 0.1) is 17.6 Å². The van der Waals surface area contributed by atoms with Gasteiger partial charge in [-0.15, -0.1) is 0 Å². The summed E-state index contributed by atoms with van der Waals surface area (Å²) >= 11 is 1.01. The predicted octanol–water partition coefficient (Wildman–Crippen LogP) is 5.37. The first-order valence-electron chi connectivity index (χ1n) is 11.0. The van der Waals surface area contributed by atoms with Gasteiger partial charge in [-0.1, -0.05) is 0 Å². The van der Waals surface area contributed by atoms with E-state index in [0.717, 1.165) is 18.0 Å². The Morgan fingerprint density at radius 1 is 1.06 bits per heavy atom. The molecular weight excluding hydrogens is 480 g/mol. The first-order chi connectivity index (χ1) is 16.4. The maximum Gasteiger partial charge on any atom is 0.410 e. The van der Waals surface area contributed by atoms with Crippen molar-refractivity contribution in [2.24, 2.45) is 5.92 Å². The Kier molecular flexibility index (Phi) is 8.21. The van der Waals surface area contributed by atoms with Crippen LogP contribution in [0.25, 0.3) is 0 Å². The third-order valence-corrected chi connectivity index (χ3v) is 6.04. The molecule has 2 aromatic carbocycles. The van der Waals surface area contributed by atoms with Crippen molar-refractivity contribution in [3.63, 3.8) is 0 Å². The Morgan fingerprint density at radius 2 is 1.69 bits per heavy atom. The Morgan fingerprint density at radius 3 is 2.26 bits per heavy atom. The van der Waals surface area contributed by atoms with Crippen molar-refractivity contribution in [3.8, 4) is 0 Å². The van der Waals surface area contributed by atoms with Crippen molar-refractivity contribution in [2.45, 2.75) is 44.1 Å². The molecule has 0 aromatic heterocycles. The highest BCUT2D eigenvalue weighted by Crippen LogP contribution is 2.27. The maximum atomic E-state index is 14.0. The molecule has 0 bridgehead atoms. The number of hydrogen-bond donors (Lipinski definition) is 3. The lowest BCUT2D eigenvalue weighted by molar-refractivity contribution is -0.121. The number of carboxylic acid groups (broad SMARTS) is 1. The van der Waals surface area contributed by atoms with Crippen molar-refractivity contribution < 1.29 is 33.0 Å². The quantitative estimate of drug-likeness (QED) is 0.451. The summed E-state index contributed by atoms with van der Waals surface area (Å²) in [5, 5.41) is 11.7. The fraction of sp³-hybridized carbons (Fsp3) is 0.375. The summed E-state index contributed by atoms with van der Waals surface area (Å²) < 4.78 is 35.9. The summed E-state index contributed by atoms with van der Waals surface area (Å²) in [5.41, 5.74) is -0.918. The summed E-state index contributed by atoms with van der Waals surface area (Å²) in [6.07, 6.45) is 0.691. The van der Waals surface area contributed by atoms with Crippen LogP contribution < -0.4 is 10.0 Å². The van der Waals surface area contributed by atoms with E-state index >= 15 is 0 Å². The Labute approximate surface area is 206 Å². The van der Waals surface area contributed by atoms with Gasteiger partial charge >= 0.3 is 12.1 Å². The van der Waals surface area contributed by atoms with E-state index < -0.39 is 28.8 Å². The predicted molar refractivity (Wildman–Crippen MR) is 128 cm³/mol. The van der Waals surface area contributed by atoms with Gasteiger partial charge in [0.1, 0.15) is 17.2 Å². The molecule has 0 radical (unpaired) electrons. The molecule has 1 fully saturated rings. The molecule has 1 heterocycles. The molecular formula is C24H27F2N3O5S. The number of aromatic carboxylic acids is 1. The molecule has 35 heavy (non-hydrogen) atoms. The van der Waals surface area contributed by atoms with Crippen LogP contribution in [0.15, 0.2) is 41.3 Å². The van der Waals surface area contributed by atoms with Crippen LogP contribution in [0.1, 0.15) is 44.0 Å². The van der Waals surface area contributed by atoms with Crippen molar-refractivity contribution in [1.29, 1.82) is 0 Å². The number of piperidine rings is 1. The van der Waals surface area contributed by atoms with Crippen LogP contribution in [0.4, 0.5) is 25.0 Å².